The van der Waals surface area contributed by atoms with E-state index in [9.17, 15) is 4.79 Å². The van der Waals surface area contributed by atoms with Crippen LogP contribution >= 0.6 is 11.6 Å². The minimum Gasteiger partial charge on any atom is -0.396 e. The summed E-state index contributed by atoms with van der Waals surface area (Å²) in [4.78, 5) is 15.9. The molecule has 96 valence electrons. The van der Waals surface area contributed by atoms with Gasteiger partial charge in [-0.05, 0) is 12.3 Å². The minimum absolute atomic E-state index is 0.0461. The number of rotatable bonds is 5. The lowest BCUT2D eigenvalue weighted by atomic mass is 10.0. The van der Waals surface area contributed by atoms with Crippen molar-refractivity contribution in [1.82, 2.24) is 14.9 Å². The van der Waals surface area contributed by atoms with E-state index in [1.807, 2.05) is 13.8 Å². The van der Waals surface area contributed by atoms with Gasteiger partial charge in [-0.3, -0.25) is 4.79 Å². The van der Waals surface area contributed by atoms with Gasteiger partial charge in [-0.2, -0.15) is 0 Å². The molecular weight excluding hydrogens is 242 g/mol. The van der Waals surface area contributed by atoms with E-state index in [0.717, 1.165) is 0 Å². The van der Waals surface area contributed by atoms with Gasteiger partial charge in [0.1, 0.15) is 5.15 Å². The maximum atomic E-state index is 11.9. The van der Waals surface area contributed by atoms with Gasteiger partial charge in [0, 0.05) is 19.7 Å². The van der Waals surface area contributed by atoms with E-state index in [0.29, 0.717) is 11.6 Å². The molecule has 0 radical (unpaired) electrons. The van der Waals surface area contributed by atoms with Crippen LogP contribution in [-0.4, -0.2) is 33.2 Å². The number of aliphatic hydroxyl groups excluding tert-OH is 1. The second-order valence-electron chi connectivity index (χ2n) is 4.30. The highest BCUT2D eigenvalue weighted by atomic mass is 35.5. The van der Waals surface area contributed by atoms with Crippen LogP contribution in [0.2, 0.25) is 5.15 Å². The predicted molar refractivity (Wildman–Crippen MR) is 66.0 cm³/mol. The van der Waals surface area contributed by atoms with Gasteiger partial charge in [0.25, 0.3) is 5.91 Å². The second kappa shape index (κ2) is 6.02. The van der Waals surface area contributed by atoms with Gasteiger partial charge in [-0.25, -0.2) is 4.98 Å². The molecule has 0 aliphatic heterocycles. The zero-order valence-corrected chi connectivity index (χ0v) is 11.0. The molecule has 1 unspecified atom stereocenters. The standard InChI is InChI=1S/C11H18ClN3O2/c1-7(2)8(4-5-16)14-11(17)10-13-6-9(12)15(10)3/h6-8,16H,4-5H2,1-3H3,(H,14,17). The number of aliphatic hydroxyl groups is 1. The van der Waals surface area contributed by atoms with Crippen molar-refractivity contribution in [3.8, 4) is 0 Å². The summed E-state index contributed by atoms with van der Waals surface area (Å²) in [5.41, 5.74) is 0. The maximum absolute atomic E-state index is 11.9. The summed E-state index contributed by atoms with van der Waals surface area (Å²) in [6.07, 6.45) is 1.97. The minimum atomic E-state index is -0.272. The quantitative estimate of drug-likeness (QED) is 0.835. The zero-order chi connectivity index (χ0) is 13.0. The summed E-state index contributed by atoms with van der Waals surface area (Å²) >= 11 is 5.81. The Morgan fingerprint density at radius 3 is 2.71 bits per heavy atom. The highest BCUT2D eigenvalue weighted by Crippen LogP contribution is 2.11. The van der Waals surface area contributed by atoms with E-state index >= 15 is 0 Å². The van der Waals surface area contributed by atoms with Crippen molar-refractivity contribution in [3.05, 3.63) is 17.2 Å². The number of aromatic nitrogens is 2. The Kier molecular flexibility index (Phi) is 4.96. The van der Waals surface area contributed by atoms with E-state index in [1.165, 1.54) is 10.8 Å². The van der Waals surface area contributed by atoms with E-state index in [2.05, 4.69) is 10.3 Å². The summed E-state index contributed by atoms with van der Waals surface area (Å²) in [6, 6.07) is -0.0667. The molecule has 0 bridgehead atoms. The van der Waals surface area contributed by atoms with Crippen LogP contribution < -0.4 is 5.32 Å². The first-order valence-electron chi connectivity index (χ1n) is 5.56. The fraction of sp³-hybridized carbons (Fsp3) is 0.636. The van der Waals surface area contributed by atoms with E-state index < -0.39 is 0 Å². The van der Waals surface area contributed by atoms with E-state index in [-0.39, 0.29) is 30.3 Å². The average Bonchev–Trinajstić information content (AvgIpc) is 2.59. The van der Waals surface area contributed by atoms with Gasteiger partial charge in [-0.1, -0.05) is 25.4 Å². The third kappa shape index (κ3) is 3.44. The van der Waals surface area contributed by atoms with Crippen molar-refractivity contribution in [2.75, 3.05) is 6.61 Å². The van der Waals surface area contributed by atoms with Crippen LogP contribution in [0.3, 0.4) is 0 Å². The fourth-order valence-electron chi connectivity index (χ4n) is 1.54. The van der Waals surface area contributed by atoms with Crippen molar-refractivity contribution in [2.45, 2.75) is 26.3 Å². The van der Waals surface area contributed by atoms with Gasteiger partial charge < -0.3 is 15.0 Å². The molecule has 0 aliphatic carbocycles. The Morgan fingerprint density at radius 2 is 2.29 bits per heavy atom. The number of carbonyl (C=O) groups is 1. The third-order valence-corrected chi connectivity index (χ3v) is 3.05. The Morgan fingerprint density at radius 1 is 1.65 bits per heavy atom. The molecule has 0 spiro atoms. The molecule has 1 amide bonds. The van der Waals surface area contributed by atoms with Crippen molar-refractivity contribution >= 4 is 17.5 Å². The first-order valence-corrected chi connectivity index (χ1v) is 5.94. The van der Waals surface area contributed by atoms with Crippen LogP contribution in [0.15, 0.2) is 6.20 Å². The maximum Gasteiger partial charge on any atom is 0.287 e. The Balaban J connectivity index is 2.74. The number of imidazole rings is 1. The van der Waals surface area contributed by atoms with Gasteiger partial charge in [0.15, 0.2) is 5.82 Å². The molecule has 2 N–H and O–H groups in total. The normalized spacial score (nSPS) is 12.8. The van der Waals surface area contributed by atoms with Crippen molar-refractivity contribution in [2.24, 2.45) is 13.0 Å². The highest BCUT2D eigenvalue weighted by molar-refractivity contribution is 6.29. The number of amides is 1. The van der Waals surface area contributed by atoms with Crippen LogP contribution in [-0.2, 0) is 7.05 Å². The molecule has 0 fully saturated rings. The van der Waals surface area contributed by atoms with Crippen molar-refractivity contribution in [3.63, 3.8) is 0 Å². The molecule has 17 heavy (non-hydrogen) atoms. The number of nitrogens with one attached hydrogen (secondary N) is 1. The predicted octanol–water partition coefficient (Wildman–Crippen LogP) is 1.21. The molecule has 0 saturated carbocycles. The van der Waals surface area contributed by atoms with Crippen LogP contribution in [0, 0.1) is 5.92 Å². The highest BCUT2D eigenvalue weighted by Gasteiger charge is 2.19. The summed E-state index contributed by atoms with van der Waals surface area (Å²) in [5.74, 6) is 0.256. The van der Waals surface area contributed by atoms with E-state index in [4.69, 9.17) is 16.7 Å². The summed E-state index contributed by atoms with van der Waals surface area (Å²) in [7, 11) is 1.68. The molecule has 5 nitrogen and oxygen atoms in total. The molecule has 1 atom stereocenters. The molecule has 1 rings (SSSR count). The first kappa shape index (κ1) is 14.0. The number of hydrogen-bond acceptors (Lipinski definition) is 3. The third-order valence-electron chi connectivity index (χ3n) is 2.70. The SMILES string of the molecule is CC(C)C(CCO)NC(=O)c1ncc(Cl)n1C. The molecule has 1 heterocycles. The topological polar surface area (TPSA) is 67.2 Å². The number of hydrogen-bond donors (Lipinski definition) is 2. The smallest absolute Gasteiger partial charge is 0.287 e. The molecule has 6 heteroatoms. The molecule has 0 saturated heterocycles. The first-order chi connectivity index (χ1) is 7.97. The zero-order valence-electron chi connectivity index (χ0n) is 10.3. The second-order valence-corrected chi connectivity index (χ2v) is 4.69. The Hall–Kier alpha value is -1.07. The van der Waals surface area contributed by atoms with Gasteiger partial charge >= 0.3 is 0 Å². The number of halogens is 1. The molecule has 0 aliphatic rings. The summed E-state index contributed by atoms with van der Waals surface area (Å²) in [6.45, 7) is 4.03. The van der Waals surface area contributed by atoms with Crippen molar-refractivity contribution in [1.29, 1.82) is 0 Å². The van der Waals surface area contributed by atoms with Crippen LogP contribution in [0.1, 0.15) is 30.9 Å². The van der Waals surface area contributed by atoms with Gasteiger partial charge in [0.2, 0.25) is 0 Å². The lowest BCUT2D eigenvalue weighted by molar-refractivity contribution is 0.0903. The van der Waals surface area contributed by atoms with Gasteiger partial charge in [0.05, 0.1) is 6.20 Å². The van der Waals surface area contributed by atoms with Crippen molar-refractivity contribution < 1.29 is 9.90 Å². The monoisotopic (exact) mass is 259 g/mol. The molecule has 0 aromatic carbocycles. The Bertz CT molecular complexity index is 390. The lowest BCUT2D eigenvalue weighted by Crippen LogP contribution is -2.40. The molecule has 1 aromatic heterocycles. The largest absolute Gasteiger partial charge is 0.396 e. The number of carbonyl (C=O) groups excluding carboxylic acids is 1. The van der Waals surface area contributed by atoms with Crippen LogP contribution in [0.25, 0.3) is 0 Å². The van der Waals surface area contributed by atoms with Gasteiger partial charge in [-0.15, -0.1) is 0 Å². The summed E-state index contributed by atoms with van der Waals surface area (Å²) < 4.78 is 1.52. The van der Waals surface area contributed by atoms with Crippen LogP contribution in [0.4, 0.5) is 0 Å². The average molecular weight is 260 g/mol. The van der Waals surface area contributed by atoms with Crippen LogP contribution in [0.5, 0.6) is 0 Å². The van der Waals surface area contributed by atoms with E-state index in [1.54, 1.807) is 7.05 Å². The molecular formula is C11H18ClN3O2. The molecule has 1 aromatic rings. The lowest BCUT2D eigenvalue weighted by Gasteiger charge is -2.21. The fourth-order valence-corrected chi connectivity index (χ4v) is 1.67. The summed E-state index contributed by atoms with van der Waals surface area (Å²) in [5, 5.41) is 12.2. The number of nitrogens with zero attached hydrogens (tertiary/aromatic N) is 2. The Labute approximate surface area is 106 Å².